The summed E-state index contributed by atoms with van der Waals surface area (Å²) in [5.41, 5.74) is 1.21. The molecule has 2 heterocycles. The van der Waals surface area contributed by atoms with Gasteiger partial charge in [-0.25, -0.2) is 9.97 Å². The highest BCUT2D eigenvalue weighted by Crippen LogP contribution is 2.29. The van der Waals surface area contributed by atoms with Gasteiger partial charge < -0.3 is 14.5 Å². The highest BCUT2D eigenvalue weighted by molar-refractivity contribution is 5.94. The number of hydrogen-bond acceptors (Lipinski definition) is 5. The van der Waals surface area contributed by atoms with Crippen molar-refractivity contribution in [1.82, 2.24) is 14.9 Å². The number of alkyl halides is 3. The molecule has 0 unspecified atom stereocenters. The molecular weight excluding hydrogens is 433 g/mol. The molecular formula is C24H23F3N4O2. The van der Waals surface area contributed by atoms with Crippen molar-refractivity contribution in [2.24, 2.45) is 0 Å². The van der Waals surface area contributed by atoms with Crippen LogP contribution in [-0.4, -0.2) is 53.6 Å². The molecule has 1 aliphatic rings. The molecule has 1 aliphatic heterocycles. The van der Waals surface area contributed by atoms with E-state index >= 15 is 0 Å². The maximum absolute atomic E-state index is 12.7. The van der Waals surface area contributed by atoms with Crippen LogP contribution in [0, 0.1) is 0 Å². The number of rotatable bonds is 5. The molecule has 0 spiro atoms. The third-order valence-corrected chi connectivity index (χ3v) is 5.46. The molecule has 2 aromatic carbocycles. The van der Waals surface area contributed by atoms with E-state index in [0.717, 1.165) is 35.0 Å². The topological polar surface area (TPSA) is 58.6 Å². The predicted octanol–water partition coefficient (Wildman–Crippen LogP) is 4.52. The number of hydrogen-bond donors (Lipinski definition) is 0. The van der Waals surface area contributed by atoms with Gasteiger partial charge in [0.15, 0.2) is 0 Å². The van der Waals surface area contributed by atoms with Crippen LogP contribution in [-0.2, 0) is 6.18 Å². The highest BCUT2D eigenvalue weighted by Gasteiger charge is 2.31. The highest BCUT2D eigenvalue weighted by atomic mass is 19.4. The van der Waals surface area contributed by atoms with Crippen molar-refractivity contribution in [3.8, 4) is 17.0 Å². The van der Waals surface area contributed by atoms with Crippen LogP contribution in [0.2, 0.25) is 0 Å². The molecule has 0 atom stereocenters. The maximum Gasteiger partial charge on any atom is 0.416 e. The Bertz CT molecular complexity index is 1090. The van der Waals surface area contributed by atoms with Crippen molar-refractivity contribution in [3.63, 3.8) is 0 Å². The summed E-state index contributed by atoms with van der Waals surface area (Å²) in [4.78, 5) is 25.2. The first-order valence-corrected chi connectivity index (χ1v) is 10.6. The van der Waals surface area contributed by atoms with Gasteiger partial charge in [-0.15, -0.1) is 0 Å². The summed E-state index contributed by atoms with van der Waals surface area (Å²) < 4.78 is 43.7. The van der Waals surface area contributed by atoms with E-state index in [-0.39, 0.29) is 11.5 Å². The molecule has 9 heteroatoms. The zero-order chi connectivity index (χ0) is 23.4. The lowest BCUT2D eigenvalue weighted by Crippen LogP contribution is -2.49. The maximum atomic E-state index is 12.7. The monoisotopic (exact) mass is 456 g/mol. The van der Waals surface area contributed by atoms with E-state index in [2.05, 4.69) is 14.9 Å². The van der Waals surface area contributed by atoms with Gasteiger partial charge >= 0.3 is 6.18 Å². The summed E-state index contributed by atoms with van der Waals surface area (Å²) in [5, 5.41) is 0. The van der Waals surface area contributed by atoms with Gasteiger partial charge in [0.2, 0.25) is 0 Å². The number of ether oxygens (including phenoxy) is 1. The zero-order valence-electron chi connectivity index (χ0n) is 18.0. The molecule has 4 rings (SSSR count). The van der Waals surface area contributed by atoms with E-state index < -0.39 is 11.7 Å². The standard InChI is InChI=1S/C24H23F3N4O2/c1-2-33-20-9-5-17(6-10-20)21-15-22(29-16-28-21)30-11-13-31(14-12-30)23(32)18-3-7-19(8-4-18)24(25,26)27/h3-10,15-16H,2,11-14H2,1H3. The fraction of sp³-hybridized carbons (Fsp3) is 0.292. The first-order chi connectivity index (χ1) is 15.8. The molecule has 1 aromatic heterocycles. The normalized spacial score (nSPS) is 14.3. The van der Waals surface area contributed by atoms with Gasteiger partial charge in [0.1, 0.15) is 17.9 Å². The van der Waals surface area contributed by atoms with E-state index in [0.29, 0.717) is 32.8 Å². The second-order valence-electron chi connectivity index (χ2n) is 7.57. The SMILES string of the molecule is CCOc1ccc(-c2cc(N3CCN(C(=O)c4ccc(C(F)(F)F)cc4)CC3)ncn2)cc1. The predicted molar refractivity (Wildman–Crippen MR) is 118 cm³/mol. The van der Waals surface area contributed by atoms with Crippen molar-refractivity contribution in [2.75, 3.05) is 37.7 Å². The first-order valence-electron chi connectivity index (χ1n) is 10.6. The van der Waals surface area contributed by atoms with E-state index in [1.165, 1.54) is 18.5 Å². The summed E-state index contributed by atoms with van der Waals surface area (Å²) in [6.45, 7) is 4.55. The summed E-state index contributed by atoms with van der Waals surface area (Å²) in [7, 11) is 0. The van der Waals surface area contributed by atoms with Crippen molar-refractivity contribution < 1.29 is 22.7 Å². The summed E-state index contributed by atoms with van der Waals surface area (Å²) in [6, 6.07) is 13.9. The number of carbonyl (C=O) groups is 1. The molecule has 0 aliphatic carbocycles. The molecule has 0 radical (unpaired) electrons. The van der Waals surface area contributed by atoms with Crippen LogP contribution in [0.15, 0.2) is 60.9 Å². The van der Waals surface area contributed by atoms with E-state index in [4.69, 9.17) is 4.74 Å². The van der Waals surface area contributed by atoms with Crippen molar-refractivity contribution >= 4 is 11.7 Å². The molecule has 1 saturated heterocycles. The zero-order valence-corrected chi connectivity index (χ0v) is 18.0. The molecule has 33 heavy (non-hydrogen) atoms. The largest absolute Gasteiger partial charge is 0.494 e. The van der Waals surface area contributed by atoms with Gasteiger partial charge in [0.25, 0.3) is 5.91 Å². The fourth-order valence-corrected chi connectivity index (χ4v) is 3.69. The fourth-order valence-electron chi connectivity index (χ4n) is 3.69. The lowest BCUT2D eigenvalue weighted by molar-refractivity contribution is -0.137. The number of halogens is 3. The number of nitrogens with zero attached hydrogens (tertiary/aromatic N) is 4. The Morgan fingerprint density at radius 1 is 0.970 bits per heavy atom. The molecule has 0 bridgehead atoms. The molecule has 1 amide bonds. The van der Waals surface area contributed by atoms with Crippen molar-refractivity contribution in [1.29, 1.82) is 0 Å². The Kier molecular flexibility index (Phi) is 6.48. The summed E-state index contributed by atoms with van der Waals surface area (Å²) in [6.07, 6.45) is -2.91. The molecule has 0 N–H and O–H groups in total. The van der Waals surface area contributed by atoms with Crippen LogP contribution < -0.4 is 9.64 Å². The molecule has 1 fully saturated rings. The van der Waals surface area contributed by atoms with E-state index in [1.807, 2.05) is 37.3 Å². The number of anilines is 1. The quantitative estimate of drug-likeness (QED) is 0.565. The number of benzene rings is 2. The minimum Gasteiger partial charge on any atom is -0.494 e. The van der Waals surface area contributed by atoms with Crippen LogP contribution in [0.1, 0.15) is 22.8 Å². The van der Waals surface area contributed by atoms with Gasteiger partial charge in [-0.3, -0.25) is 4.79 Å². The number of piperazine rings is 1. The first kappa shape index (κ1) is 22.6. The Morgan fingerprint density at radius 3 is 2.24 bits per heavy atom. The average molecular weight is 456 g/mol. The molecule has 3 aromatic rings. The Balaban J connectivity index is 1.39. The smallest absolute Gasteiger partial charge is 0.416 e. The second kappa shape index (κ2) is 9.48. The summed E-state index contributed by atoms with van der Waals surface area (Å²) >= 11 is 0. The van der Waals surface area contributed by atoms with Gasteiger partial charge in [-0.05, 0) is 55.5 Å². The van der Waals surface area contributed by atoms with Gasteiger partial charge in [-0.1, -0.05) is 0 Å². The van der Waals surface area contributed by atoms with Crippen LogP contribution in [0.5, 0.6) is 5.75 Å². The third-order valence-electron chi connectivity index (χ3n) is 5.46. The molecule has 0 saturated carbocycles. The Morgan fingerprint density at radius 2 is 1.64 bits per heavy atom. The minimum absolute atomic E-state index is 0.247. The minimum atomic E-state index is -4.42. The third kappa shape index (κ3) is 5.24. The van der Waals surface area contributed by atoms with Crippen LogP contribution in [0.25, 0.3) is 11.3 Å². The molecule has 172 valence electrons. The Hall–Kier alpha value is -3.62. The number of amides is 1. The van der Waals surface area contributed by atoms with E-state index in [1.54, 1.807) is 4.90 Å². The van der Waals surface area contributed by atoms with Gasteiger partial charge in [0, 0.05) is 43.4 Å². The van der Waals surface area contributed by atoms with Crippen molar-refractivity contribution in [2.45, 2.75) is 13.1 Å². The Labute approximate surface area is 189 Å². The summed E-state index contributed by atoms with van der Waals surface area (Å²) in [5.74, 6) is 1.28. The van der Waals surface area contributed by atoms with Gasteiger partial charge in [-0.2, -0.15) is 13.2 Å². The number of carbonyl (C=O) groups excluding carboxylic acids is 1. The lowest BCUT2D eigenvalue weighted by Gasteiger charge is -2.35. The lowest BCUT2D eigenvalue weighted by atomic mass is 10.1. The number of aromatic nitrogens is 2. The second-order valence-corrected chi connectivity index (χ2v) is 7.57. The average Bonchev–Trinajstić information content (AvgIpc) is 2.84. The molecule has 6 nitrogen and oxygen atoms in total. The van der Waals surface area contributed by atoms with E-state index in [9.17, 15) is 18.0 Å². The van der Waals surface area contributed by atoms with Gasteiger partial charge in [0.05, 0.1) is 17.9 Å². The van der Waals surface area contributed by atoms with Crippen LogP contribution in [0.3, 0.4) is 0 Å². The van der Waals surface area contributed by atoms with Crippen LogP contribution >= 0.6 is 0 Å². The van der Waals surface area contributed by atoms with Crippen molar-refractivity contribution in [3.05, 3.63) is 72.1 Å². The van der Waals surface area contributed by atoms with Crippen LogP contribution in [0.4, 0.5) is 19.0 Å².